The van der Waals surface area contributed by atoms with Gasteiger partial charge in [0.05, 0.1) is 4.90 Å². The predicted molar refractivity (Wildman–Crippen MR) is 73.6 cm³/mol. The molecule has 0 aliphatic heterocycles. The van der Waals surface area contributed by atoms with Crippen LogP contribution in [0.5, 0.6) is 0 Å². The SMILES string of the molecule is CC(C)c1ncc(Sc2ccccc2)c(C(=O)O)n1. The number of rotatable bonds is 4. The highest BCUT2D eigenvalue weighted by molar-refractivity contribution is 7.99. The molecule has 0 saturated carbocycles. The highest BCUT2D eigenvalue weighted by Crippen LogP contribution is 2.29. The average molecular weight is 274 g/mol. The van der Waals surface area contributed by atoms with Gasteiger partial charge >= 0.3 is 5.97 Å². The molecule has 1 aromatic heterocycles. The van der Waals surface area contributed by atoms with E-state index in [4.69, 9.17) is 0 Å². The molecule has 2 aromatic rings. The number of carbonyl (C=O) groups is 1. The summed E-state index contributed by atoms with van der Waals surface area (Å²) in [5.74, 6) is -0.369. The summed E-state index contributed by atoms with van der Waals surface area (Å²) in [6, 6.07) is 9.58. The molecule has 1 N–H and O–H groups in total. The molecule has 2 rings (SSSR count). The number of benzene rings is 1. The number of nitrogens with zero attached hydrogens (tertiary/aromatic N) is 2. The lowest BCUT2D eigenvalue weighted by Crippen LogP contribution is -2.08. The lowest BCUT2D eigenvalue weighted by Gasteiger charge is -2.08. The largest absolute Gasteiger partial charge is 0.476 e. The van der Waals surface area contributed by atoms with Crippen LogP contribution in [0, 0.1) is 0 Å². The van der Waals surface area contributed by atoms with Gasteiger partial charge in [-0.05, 0) is 12.1 Å². The Balaban J connectivity index is 2.37. The number of carboxylic acids is 1. The van der Waals surface area contributed by atoms with E-state index in [1.165, 1.54) is 11.8 Å². The highest BCUT2D eigenvalue weighted by atomic mass is 32.2. The average Bonchev–Trinajstić information content (AvgIpc) is 2.39. The van der Waals surface area contributed by atoms with Crippen molar-refractivity contribution in [3.63, 3.8) is 0 Å². The molecule has 0 aliphatic rings. The van der Waals surface area contributed by atoms with Gasteiger partial charge in [0.15, 0.2) is 5.69 Å². The summed E-state index contributed by atoms with van der Waals surface area (Å²) < 4.78 is 0. The zero-order valence-electron chi connectivity index (χ0n) is 10.7. The van der Waals surface area contributed by atoms with Gasteiger partial charge in [0.1, 0.15) is 5.82 Å². The third-order valence-corrected chi connectivity index (χ3v) is 3.49. The zero-order chi connectivity index (χ0) is 13.8. The van der Waals surface area contributed by atoms with Crippen molar-refractivity contribution in [3.05, 3.63) is 48.0 Å². The third-order valence-electron chi connectivity index (χ3n) is 2.46. The van der Waals surface area contributed by atoms with Gasteiger partial charge in [-0.15, -0.1) is 0 Å². The van der Waals surface area contributed by atoms with E-state index in [-0.39, 0.29) is 11.6 Å². The fourth-order valence-corrected chi connectivity index (χ4v) is 2.39. The smallest absolute Gasteiger partial charge is 0.355 e. The van der Waals surface area contributed by atoms with Gasteiger partial charge < -0.3 is 5.11 Å². The molecule has 0 saturated heterocycles. The fraction of sp³-hybridized carbons (Fsp3) is 0.214. The van der Waals surface area contributed by atoms with Gasteiger partial charge in [-0.25, -0.2) is 14.8 Å². The van der Waals surface area contributed by atoms with E-state index in [9.17, 15) is 9.90 Å². The molecule has 5 heteroatoms. The van der Waals surface area contributed by atoms with Crippen LogP contribution in [-0.4, -0.2) is 21.0 Å². The summed E-state index contributed by atoms with van der Waals surface area (Å²) in [5.41, 5.74) is 0.0625. The Bertz CT molecular complexity index is 585. The number of carboxylic acid groups (broad SMARTS) is 1. The van der Waals surface area contributed by atoms with Gasteiger partial charge in [0.25, 0.3) is 0 Å². The molecule has 19 heavy (non-hydrogen) atoms. The Kier molecular flexibility index (Phi) is 4.16. The van der Waals surface area contributed by atoms with Gasteiger partial charge in [0.2, 0.25) is 0 Å². The zero-order valence-corrected chi connectivity index (χ0v) is 11.5. The van der Waals surface area contributed by atoms with Crippen molar-refractivity contribution in [2.75, 3.05) is 0 Å². The second-order valence-corrected chi connectivity index (χ2v) is 5.43. The predicted octanol–water partition coefficient (Wildman–Crippen LogP) is 3.45. The molecule has 1 aromatic carbocycles. The highest BCUT2D eigenvalue weighted by Gasteiger charge is 2.16. The molecular weight excluding hydrogens is 260 g/mol. The Morgan fingerprint density at radius 3 is 2.53 bits per heavy atom. The molecule has 0 bridgehead atoms. The van der Waals surface area contributed by atoms with E-state index in [2.05, 4.69) is 9.97 Å². The minimum Gasteiger partial charge on any atom is -0.476 e. The van der Waals surface area contributed by atoms with Crippen molar-refractivity contribution in [3.8, 4) is 0 Å². The van der Waals surface area contributed by atoms with Gasteiger partial charge in [-0.2, -0.15) is 0 Å². The molecule has 0 aliphatic carbocycles. The Labute approximate surface area is 115 Å². The summed E-state index contributed by atoms with van der Waals surface area (Å²) in [5, 5.41) is 9.25. The summed E-state index contributed by atoms with van der Waals surface area (Å²) in [6.07, 6.45) is 1.59. The van der Waals surface area contributed by atoms with Gasteiger partial charge in [-0.3, -0.25) is 0 Å². The minimum atomic E-state index is -1.03. The first-order valence-corrected chi connectivity index (χ1v) is 6.72. The molecule has 0 spiro atoms. The van der Waals surface area contributed by atoms with Crippen molar-refractivity contribution >= 4 is 17.7 Å². The first kappa shape index (κ1) is 13.5. The monoisotopic (exact) mass is 274 g/mol. The Morgan fingerprint density at radius 2 is 1.95 bits per heavy atom. The van der Waals surface area contributed by atoms with E-state index >= 15 is 0 Å². The van der Waals surface area contributed by atoms with Crippen LogP contribution in [0.1, 0.15) is 36.1 Å². The van der Waals surface area contributed by atoms with Crippen LogP contribution in [0.2, 0.25) is 0 Å². The molecule has 4 nitrogen and oxygen atoms in total. The van der Waals surface area contributed by atoms with E-state index in [0.717, 1.165) is 4.90 Å². The quantitative estimate of drug-likeness (QED) is 0.925. The number of hydrogen-bond donors (Lipinski definition) is 1. The van der Waals surface area contributed by atoms with Gasteiger partial charge in [0, 0.05) is 17.0 Å². The molecule has 0 fully saturated rings. The number of hydrogen-bond acceptors (Lipinski definition) is 4. The van der Waals surface area contributed by atoms with Crippen LogP contribution in [0.15, 0.2) is 46.3 Å². The first-order valence-electron chi connectivity index (χ1n) is 5.91. The first-order chi connectivity index (χ1) is 9.08. The maximum atomic E-state index is 11.3. The minimum absolute atomic E-state index is 0.0625. The third kappa shape index (κ3) is 3.32. The maximum absolute atomic E-state index is 11.3. The molecule has 0 unspecified atom stereocenters. The second kappa shape index (κ2) is 5.84. The van der Waals surface area contributed by atoms with Crippen molar-refractivity contribution < 1.29 is 9.90 Å². The number of aromatic nitrogens is 2. The van der Waals surface area contributed by atoms with Crippen LogP contribution >= 0.6 is 11.8 Å². The molecule has 98 valence electrons. The molecular formula is C14H14N2O2S. The second-order valence-electron chi connectivity index (χ2n) is 4.32. The topological polar surface area (TPSA) is 63.1 Å². The van der Waals surface area contributed by atoms with Crippen LogP contribution in [-0.2, 0) is 0 Å². The summed E-state index contributed by atoms with van der Waals surface area (Å²) in [7, 11) is 0. The van der Waals surface area contributed by atoms with Crippen LogP contribution in [0.25, 0.3) is 0 Å². The van der Waals surface area contributed by atoms with Crippen molar-refractivity contribution in [1.82, 2.24) is 9.97 Å². The van der Waals surface area contributed by atoms with Crippen molar-refractivity contribution in [1.29, 1.82) is 0 Å². The van der Waals surface area contributed by atoms with Crippen molar-refractivity contribution in [2.45, 2.75) is 29.6 Å². The summed E-state index contributed by atoms with van der Waals surface area (Å²) in [4.78, 5) is 21.2. The normalized spacial score (nSPS) is 10.7. The molecule has 0 atom stereocenters. The van der Waals surface area contributed by atoms with Crippen LogP contribution in [0.3, 0.4) is 0 Å². The van der Waals surface area contributed by atoms with Crippen molar-refractivity contribution in [2.24, 2.45) is 0 Å². The summed E-state index contributed by atoms with van der Waals surface area (Å²) >= 11 is 1.36. The lowest BCUT2D eigenvalue weighted by molar-refractivity contribution is 0.0685. The van der Waals surface area contributed by atoms with Crippen LogP contribution in [0.4, 0.5) is 0 Å². The standard InChI is InChI=1S/C14H14N2O2S/c1-9(2)13-15-8-11(12(16-13)14(17)18)19-10-6-4-3-5-7-10/h3-9H,1-2H3,(H,17,18). The maximum Gasteiger partial charge on any atom is 0.355 e. The number of aromatic carboxylic acids is 1. The van der Waals surface area contributed by atoms with Crippen LogP contribution < -0.4 is 0 Å². The van der Waals surface area contributed by atoms with E-state index < -0.39 is 5.97 Å². The molecule has 0 radical (unpaired) electrons. The van der Waals surface area contributed by atoms with E-state index in [1.807, 2.05) is 44.2 Å². The lowest BCUT2D eigenvalue weighted by atomic mass is 10.2. The Hall–Kier alpha value is -1.88. The van der Waals surface area contributed by atoms with E-state index in [0.29, 0.717) is 10.7 Å². The molecule has 0 amide bonds. The summed E-state index contributed by atoms with van der Waals surface area (Å²) in [6.45, 7) is 3.87. The Morgan fingerprint density at radius 1 is 1.26 bits per heavy atom. The van der Waals surface area contributed by atoms with Gasteiger partial charge in [-0.1, -0.05) is 43.8 Å². The molecule has 1 heterocycles. The fourth-order valence-electron chi connectivity index (χ4n) is 1.51. The van der Waals surface area contributed by atoms with E-state index in [1.54, 1.807) is 6.20 Å².